The summed E-state index contributed by atoms with van der Waals surface area (Å²) < 4.78 is 11.1. The van der Waals surface area contributed by atoms with E-state index in [2.05, 4.69) is 39.0 Å². The van der Waals surface area contributed by atoms with Gasteiger partial charge in [-0.05, 0) is 61.1 Å². The first-order valence-corrected chi connectivity index (χ1v) is 9.96. The number of ether oxygens (including phenoxy) is 2. The quantitative estimate of drug-likeness (QED) is 0.707. The summed E-state index contributed by atoms with van der Waals surface area (Å²) in [6, 6.07) is 6.35. The lowest BCUT2D eigenvalue weighted by Gasteiger charge is -2.51. The maximum Gasteiger partial charge on any atom is 0.122 e. The number of aliphatic imine (C=N–C) groups is 1. The second-order valence-corrected chi connectivity index (χ2v) is 8.65. The van der Waals surface area contributed by atoms with E-state index in [1.807, 2.05) is 6.07 Å². The number of hydrogen-bond acceptors (Lipinski definition) is 3. The molecule has 1 heterocycles. The Labute approximate surface area is 157 Å². The van der Waals surface area contributed by atoms with Crippen LogP contribution in [0.5, 0.6) is 11.5 Å². The van der Waals surface area contributed by atoms with Crippen LogP contribution in [-0.4, -0.2) is 26.5 Å². The molecular formula is C23H31NO2. The zero-order valence-corrected chi connectivity index (χ0v) is 16.7. The fraction of sp³-hybridized carbons (Fsp3) is 0.609. The lowest BCUT2D eigenvalue weighted by molar-refractivity contribution is 0.163. The van der Waals surface area contributed by atoms with Gasteiger partial charge in [0, 0.05) is 30.2 Å². The molecule has 4 rings (SSSR count). The van der Waals surface area contributed by atoms with Crippen molar-refractivity contribution >= 4 is 5.71 Å². The topological polar surface area (TPSA) is 30.8 Å². The molecule has 3 nitrogen and oxygen atoms in total. The van der Waals surface area contributed by atoms with E-state index in [-0.39, 0.29) is 0 Å². The summed E-state index contributed by atoms with van der Waals surface area (Å²) in [5.74, 6) is 5.43. The van der Waals surface area contributed by atoms with Crippen molar-refractivity contribution < 1.29 is 9.47 Å². The van der Waals surface area contributed by atoms with Gasteiger partial charge in [-0.25, -0.2) is 0 Å². The van der Waals surface area contributed by atoms with Crippen LogP contribution in [0.3, 0.4) is 0 Å². The Morgan fingerprint density at radius 2 is 1.73 bits per heavy atom. The predicted molar refractivity (Wildman–Crippen MR) is 106 cm³/mol. The van der Waals surface area contributed by atoms with E-state index >= 15 is 0 Å². The molecule has 0 bridgehead atoms. The van der Waals surface area contributed by atoms with E-state index in [1.54, 1.807) is 19.8 Å². The summed E-state index contributed by atoms with van der Waals surface area (Å²) in [6.07, 6.45) is 5.03. The Morgan fingerprint density at radius 3 is 2.38 bits per heavy atom. The van der Waals surface area contributed by atoms with Crippen molar-refractivity contribution in [3.05, 3.63) is 35.4 Å². The maximum absolute atomic E-state index is 5.54. The molecule has 0 spiro atoms. The number of hydrogen-bond donors (Lipinski definition) is 0. The van der Waals surface area contributed by atoms with Gasteiger partial charge in [-0.1, -0.05) is 25.5 Å². The van der Waals surface area contributed by atoms with Crippen molar-refractivity contribution in [2.45, 2.75) is 39.5 Å². The summed E-state index contributed by atoms with van der Waals surface area (Å²) in [7, 11) is 3.46. The number of allylic oxidation sites excluding steroid dienone is 2. The molecule has 0 unspecified atom stereocenters. The highest BCUT2D eigenvalue weighted by Crippen LogP contribution is 2.54. The van der Waals surface area contributed by atoms with Gasteiger partial charge in [0.25, 0.3) is 0 Å². The summed E-state index contributed by atoms with van der Waals surface area (Å²) in [5, 5.41) is 0. The number of rotatable bonds is 3. The summed E-state index contributed by atoms with van der Waals surface area (Å²) in [4.78, 5) is 5.04. The maximum atomic E-state index is 5.54. The number of nitrogens with zero attached hydrogens (tertiary/aromatic N) is 1. The normalized spacial score (nSPS) is 35.9. The van der Waals surface area contributed by atoms with Crippen molar-refractivity contribution in [1.29, 1.82) is 0 Å². The third kappa shape index (κ3) is 2.86. The standard InChI is InChI=1S/C23H31NO2/c1-13-6-19-14(2)8-20(16-9-17(25-4)11-18(10-16)26-5)22-15(3)12-24-21(7-13)23(19)22/h8-11,13,15,19-20,22-23H,6-7,12H2,1-5H3/t13-,15+,19-,20-,22+,23-/m1/s1. The number of benzene rings is 1. The van der Waals surface area contributed by atoms with Crippen LogP contribution in [-0.2, 0) is 0 Å². The van der Waals surface area contributed by atoms with Gasteiger partial charge in [0.2, 0.25) is 0 Å². The Kier molecular flexibility index (Phi) is 4.58. The van der Waals surface area contributed by atoms with E-state index in [1.165, 1.54) is 24.1 Å². The van der Waals surface area contributed by atoms with Gasteiger partial charge in [0.1, 0.15) is 11.5 Å². The highest BCUT2D eigenvalue weighted by molar-refractivity contribution is 5.89. The predicted octanol–water partition coefficient (Wildman–Crippen LogP) is 5.12. The van der Waals surface area contributed by atoms with Crippen LogP contribution in [0.25, 0.3) is 0 Å². The van der Waals surface area contributed by atoms with E-state index in [9.17, 15) is 0 Å². The molecular weight excluding hydrogens is 322 g/mol. The van der Waals surface area contributed by atoms with Crippen molar-refractivity contribution in [2.24, 2.45) is 34.6 Å². The van der Waals surface area contributed by atoms with Crippen LogP contribution >= 0.6 is 0 Å². The number of methoxy groups -OCH3 is 2. The molecule has 6 atom stereocenters. The molecule has 1 aromatic rings. The van der Waals surface area contributed by atoms with Gasteiger partial charge in [-0.3, -0.25) is 4.99 Å². The molecule has 0 radical (unpaired) electrons. The highest BCUT2D eigenvalue weighted by atomic mass is 16.5. The molecule has 3 aliphatic rings. The molecule has 0 saturated heterocycles. The smallest absolute Gasteiger partial charge is 0.122 e. The molecule has 3 heteroatoms. The molecule has 0 N–H and O–H groups in total. The second-order valence-electron chi connectivity index (χ2n) is 8.65. The Hall–Kier alpha value is -1.77. The van der Waals surface area contributed by atoms with Gasteiger partial charge < -0.3 is 9.47 Å². The van der Waals surface area contributed by atoms with Crippen LogP contribution in [0.2, 0.25) is 0 Å². The minimum absolute atomic E-state index is 0.411. The minimum atomic E-state index is 0.411. The Morgan fingerprint density at radius 1 is 1.04 bits per heavy atom. The lowest BCUT2D eigenvalue weighted by Crippen LogP contribution is -2.48. The molecule has 1 fully saturated rings. The van der Waals surface area contributed by atoms with Crippen LogP contribution in [0, 0.1) is 29.6 Å². The van der Waals surface area contributed by atoms with Crippen LogP contribution in [0.1, 0.15) is 45.1 Å². The largest absolute Gasteiger partial charge is 0.497 e. The van der Waals surface area contributed by atoms with Crippen molar-refractivity contribution in [3.8, 4) is 11.5 Å². The van der Waals surface area contributed by atoms with Crippen molar-refractivity contribution in [2.75, 3.05) is 20.8 Å². The second kappa shape index (κ2) is 6.75. The van der Waals surface area contributed by atoms with Crippen molar-refractivity contribution in [1.82, 2.24) is 0 Å². The van der Waals surface area contributed by atoms with Crippen LogP contribution in [0.4, 0.5) is 0 Å². The van der Waals surface area contributed by atoms with Gasteiger partial charge >= 0.3 is 0 Å². The molecule has 1 aromatic carbocycles. The fourth-order valence-electron chi connectivity index (χ4n) is 5.69. The van der Waals surface area contributed by atoms with Gasteiger partial charge in [-0.2, -0.15) is 0 Å². The van der Waals surface area contributed by atoms with Crippen LogP contribution < -0.4 is 9.47 Å². The summed E-state index contributed by atoms with van der Waals surface area (Å²) in [6.45, 7) is 8.08. The third-order valence-corrected chi connectivity index (χ3v) is 6.89. The summed E-state index contributed by atoms with van der Waals surface area (Å²) in [5.41, 5.74) is 4.35. The first kappa shape index (κ1) is 17.6. The van der Waals surface area contributed by atoms with E-state index in [4.69, 9.17) is 14.5 Å². The lowest BCUT2D eigenvalue weighted by atomic mass is 9.55. The molecule has 1 saturated carbocycles. The molecule has 2 aliphatic carbocycles. The Balaban J connectivity index is 1.81. The van der Waals surface area contributed by atoms with Gasteiger partial charge in [0.05, 0.1) is 14.2 Å². The average molecular weight is 354 g/mol. The molecule has 140 valence electrons. The Bertz CT molecular complexity index is 728. The third-order valence-electron chi connectivity index (χ3n) is 6.89. The summed E-state index contributed by atoms with van der Waals surface area (Å²) >= 11 is 0. The zero-order valence-electron chi connectivity index (χ0n) is 16.7. The fourth-order valence-corrected chi connectivity index (χ4v) is 5.69. The van der Waals surface area contributed by atoms with Gasteiger partial charge in [-0.15, -0.1) is 0 Å². The minimum Gasteiger partial charge on any atom is -0.497 e. The van der Waals surface area contributed by atoms with E-state index in [0.717, 1.165) is 24.0 Å². The molecule has 26 heavy (non-hydrogen) atoms. The molecule has 0 aromatic heterocycles. The first-order chi connectivity index (χ1) is 12.5. The first-order valence-electron chi connectivity index (χ1n) is 9.96. The zero-order chi connectivity index (χ0) is 18.4. The van der Waals surface area contributed by atoms with E-state index < -0.39 is 0 Å². The molecule has 0 amide bonds. The van der Waals surface area contributed by atoms with Crippen molar-refractivity contribution in [3.63, 3.8) is 0 Å². The van der Waals surface area contributed by atoms with Crippen LogP contribution in [0.15, 0.2) is 34.8 Å². The average Bonchev–Trinajstić information content (AvgIpc) is 2.65. The highest BCUT2D eigenvalue weighted by Gasteiger charge is 2.48. The van der Waals surface area contributed by atoms with E-state index in [0.29, 0.717) is 29.6 Å². The SMILES string of the molecule is COc1cc(OC)cc([C@H]2C=C(C)[C@H]3C[C@@H](C)CC4=NC[C@H](C)[C@@H]2[C@@H]43)c1. The monoisotopic (exact) mass is 353 g/mol. The molecule has 1 aliphatic heterocycles. The van der Waals surface area contributed by atoms with Gasteiger partial charge in [0.15, 0.2) is 0 Å².